The maximum atomic E-state index is 14.4. The fraction of sp³-hybridized carbons (Fsp3) is 0.429. The smallest absolute Gasteiger partial charge is 0.429 e. The number of hydrogen-bond donors (Lipinski definition) is 0. The summed E-state index contributed by atoms with van der Waals surface area (Å²) in [6.07, 6.45) is -1.10. The highest BCUT2D eigenvalue weighted by Gasteiger charge is 2.41. The third kappa shape index (κ3) is 4.62. The van der Waals surface area contributed by atoms with Gasteiger partial charge in [0.2, 0.25) is 0 Å². The number of rotatable bonds is 4. The van der Waals surface area contributed by atoms with E-state index < -0.39 is 40.7 Å². The first kappa shape index (κ1) is 22.1. The molecule has 0 N–H and O–H groups in total. The van der Waals surface area contributed by atoms with Crippen LogP contribution < -0.4 is 4.74 Å². The Balaban J connectivity index is 0.00000210. The molecule has 1 saturated carbocycles. The quantitative estimate of drug-likeness (QED) is 0.477. The second-order valence-corrected chi connectivity index (χ2v) is 7.01. The van der Waals surface area contributed by atoms with Crippen LogP contribution in [0, 0.1) is 29.2 Å². The van der Waals surface area contributed by atoms with E-state index in [9.17, 15) is 26.3 Å². The van der Waals surface area contributed by atoms with Gasteiger partial charge in [0, 0.05) is 7.49 Å². The highest BCUT2D eigenvalue weighted by molar-refractivity contribution is 5.32. The van der Waals surface area contributed by atoms with E-state index in [0.717, 1.165) is 43.9 Å². The van der Waals surface area contributed by atoms with Crippen LogP contribution in [0.15, 0.2) is 30.3 Å². The Morgan fingerprint density at radius 1 is 0.857 bits per heavy atom. The number of ether oxygens (including phenoxy) is 1. The summed E-state index contributed by atoms with van der Waals surface area (Å²) in [4.78, 5) is 0. The molecular formula is C21H24F6O. The van der Waals surface area contributed by atoms with Gasteiger partial charge in [0.25, 0.3) is 0 Å². The van der Waals surface area contributed by atoms with Gasteiger partial charge in [-0.3, -0.25) is 0 Å². The summed E-state index contributed by atoms with van der Waals surface area (Å²) in [7, 11) is 0. The molecule has 0 heterocycles. The van der Waals surface area contributed by atoms with Crippen LogP contribution in [0.3, 0.4) is 0 Å². The van der Waals surface area contributed by atoms with Crippen molar-refractivity contribution in [1.29, 1.82) is 0 Å². The van der Waals surface area contributed by atoms with E-state index in [2.05, 4.69) is 11.7 Å². The van der Waals surface area contributed by atoms with Crippen molar-refractivity contribution in [2.24, 2.45) is 5.92 Å². The van der Waals surface area contributed by atoms with Crippen LogP contribution in [0.25, 0.3) is 0 Å². The van der Waals surface area contributed by atoms with Gasteiger partial charge in [-0.1, -0.05) is 27.2 Å². The van der Waals surface area contributed by atoms with E-state index in [-0.39, 0.29) is 14.8 Å². The average molecular weight is 406 g/mol. The highest BCUT2D eigenvalue weighted by atomic mass is 19.3. The minimum atomic E-state index is -4.39. The summed E-state index contributed by atoms with van der Waals surface area (Å²) in [6, 6.07) is 3.53. The van der Waals surface area contributed by atoms with Crippen LogP contribution in [0.5, 0.6) is 5.75 Å². The molecule has 0 bridgehead atoms. The molecule has 1 aliphatic carbocycles. The summed E-state index contributed by atoms with van der Waals surface area (Å²) in [5.41, 5.74) is -1.22. The summed E-state index contributed by atoms with van der Waals surface area (Å²) in [6.45, 7) is 2.09. The Hall–Kier alpha value is -2.18. The Morgan fingerprint density at radius 3 is 1.96 bits per heavy atom. The van der Waals surface area contributed by atoms with Crippen LogP contribution in [-0.2, 0) is 6.11 Å². The van der Waals surface area contributed by atoms with Crippen molar-refractivity contribution in [3.63, 3.8) is 0 Å². The molecule has 0 spiro atoms. The van der Waals surface area contributed by atoms with Crippen molar-refractivity contribution in [2.45, 2.75) is 52.1 Å². The molecular weight excluding hydrogens is 382 g/mol. The first-order valence-corrected chi connectivity index (χ1v) is 8.68. The standard InChI is InChI=1S/C20H18F6O.CH4.H2/c1-11-2-4-12(5-3-11)13-8-17(23)19(18(24)9-13)20(25,26)27-14-6-7-15(21)16(22)10-14;;/h6-12H,2-5H2,1H3;1H4;1H. The lowest BCUT2D eigenvalue weighted by Crippen LogP contribution is -2.25. The van der Waals surface area contributed by atoms with Gasteiger partial charge in [0.1, 0.15) is 22.9 Å². The first-order chi connectivity index (χ1) is 12.7. The minimum absolute atomic E-state index is 0. The van der Waals surface area contributed by atoms with Crippen molar-refractivity contribution in [3.05, 3.63) is 64.7 Å². The van der Waals surface area contributed by atoms with E-state index in [4.69, 9.17) is 0 Å². The molecule has 156 valence electrons. The van der Waals surface area contributed by atoms with Crippen molar-refractivity contribution >= 4 is 0 Å². The molecule has 2 aromatic rings. The maximum absolute atomic E-state index is 14.4. The zero-order valence-corrected chi connectivity index (χ0v) is 14.5. The number of alkyl halides is 2. The third-order valence-electron chi connectivity index (χ3n) is 4.98. The second-order valence-electron chi connectivity index (χ2n) is 7.01. The number of hydrogen-bond acceptors (Lipinski definition) is 1. The van der Waals surface area contributed by atoms with Crippen LogP contribution in [0.1, 0.15) is 58.5 Å². The Labute approximate surface area is 161 Å². The fourth-order valence-electron chi connectivity index (χ4n) is 3.44. The summed E-state index contributed by atoms with van der Waals surface area (Å²) in [5.74, 6) is -5.83. The van der Waals surface area contributed by atoms with Crippen LogP contribution in [0.4, 0.5) is 26.3 Å². The van der Waals surface area contributed by atoms with Gasteiger partial charge in [0.15, 0.2) is 11.6 Å². The van der Waals surface area contributed by atoms with Crippen molar-refractivity contribution in [3.8, 4) is 5.75 Å². The summed E-state index contributed by atoms with van der Waals surface area (Å²) < 4.78 is 87.6. The average Bonchev–Trinajstić information content (AvgIpc) is 2.57. The molecule has 1 aliphatic rings. The van der Waals surface area contributed by atoms with Crippen LogP contribution in [-0.4, -0.2) is 0 Å². The van der Waals surface area contributed by atoms with E-state index in [0.29, 0.717) is 23.6 Å². The molecule has 0 atom stereocenters. The summed E-state index contributed by atoms with van der Waals surface area (Å²) >= 11 is 0. The Bertz CT molecular complexity index is 811. The largest absolute Gasteiger partial charge is 0.432 e. The van der Waals surface area contributed by atoms with Crippen molar-refractivity contribution < 1.29 is 32.5 Å². The van der Waals surface area contributed by atoms with E-state index >= 15 is 0 Å². The highest BCUT2D eigenvalue weighted by Crippen LogP contribution is 2.40. The Morgan fingerprint density at radius 2 is 1.43 bits per heavy atom. The monoisotopic (exact) mass is 406 g/mol. The maximum Gasteiger partial charge on any atom is 0.432 e. The predicted molar refractivity (Wildman–Crippen MR) is 96.5 cm³/mol. The van der Waals surface area contributed by atoms with Gasteiger partial charge in [-0.25, -0.2) is 17.6 Å². The molecule has 0 aliphatic heterocycles. The molecule has 1 fully saturated rings. The fourth-order valence-corrected chi connectivity index (χ4v) is 3.44. The molecule has 0 unspecified atom stereocenters. The van der Waals surface area contributed by atoms with Gasteiger partial charge in [-0.2, -0.15) is 8.78 Å². The van der Waals surface area contributed by atoms with E-state index in [1.54, 1.807) is 0 Å². The molecule has 7 heteroatoms. The topological polar surface area (TPSA) is 9.23 Å². The minimum Gasteiger partial charge on any atom is -0.429 e. The lowest BCUT2D eigenvalue weighted by molar-refractivity contribution is -0.189. The molecule has 1 nitrogen and oxygen atoms in total. The second kappa shape index (κ2) is 8.45. The molecule has 0 saturated heterocycles. The lowest BCUT2D eigenvalue weighted by atomic mass is 9.79. The molecule has 3 rings (SSSR count). The molecule has 0 aromatic heterocycles. The van der Waals surface area contributed by atoms with Crippen molar-refractivity contribution in [1.82, 2.24) is 0 Å². The van der Waals surface area contributed by atoms with Crippen LogP contribution >= 0.6 is 0 Å². The van der Waals surface area contributed by atoms with E-state index in [1.165, 1.54) is 0 Å². The summed E-state index contributed by atoms with van der Waals surface area (Å²) in [5, 5.41) is 0. The van der Waals surface area contributed by atoms with Gasteiger partial charge in [-0.15, -0.1) is 0 Å². The zero-order valence-electron chi connectivity index (χ0n) is 14.5. The van der Waals surface area contributed by atoms with Gasteiger partial charge in [0.05, 0.1) is 0 Å². The molecule has 2 aromatic carbocycles. The van der Waals surface area contributed by atoms with Crippen molar-refractivity contribution in [2.75, 3.05) is 0 Å². The van der Waals surface area contributed by atoms with Gasteiger partial charge < -0.3 is 4.74 Å². The first-order valence-electron chi connectivity index (χ1n) is 8.68. The van der Waals surface area contributed by atoms with E-state index in [1.807, 2.05) is 0 Å². The van der Waals surface area contributed by atoms with Gasteiger partial charge >= 0.3 is 6.11 Å². The normalized spacial score (nSPS) is 19.8. The van der Waals surface area contributed by atoms with Gasteiger partial charge in [-0.05, 0) is 54.5 Å². The molecule has 28 heavy (non-hydrogen) atoms. The zero-order chi connectivity index (χ0) is 19.8. The lowest BCUT2D eigenvalue weighted by Gasteiger charge is -2.27. The molecule has 0 radical (unpaired) electrons. The number of halogens is 6. The molecule has 0 amide bonds. The van der Waals surface area contributed by atoms with Crippen LogP contribution in [0.2, 0.25) is 0 Å². The Kier molecular flexibility index (Phi) is 6.67. The SMILES string of the molecule is C.CC1CCC(c2cc(F)c(C(F)(F)Oc3ccc(F)c(F)c3)c(F)c2)CC1.[HH]. The third-order valence-corrected chi connectivity index (χ3v) is 4.98. The number of benzene rings is 2. The predicted octanol–water partition coefficient (Wildman–Crippen LogP) is 7.55.